The van der Waals surface area contributed by atoms with Gasteiger partial charge in [-0.15, -0.1) is 0 Å². The summed E-state index contributed by atoms with van der Waals surface area (Å²) in [6, 6.07) is 1.08. The third-order valence-corrected chi connectivity index (χ3v) is 4.56. The number of nitro groups is 1. The van der Waals surface area contributed by atoms with Crippen molar-refractivity contribution in [2.24, 2.45) is 0 Å². The molecule has 96 valence electrons. The van der Waals surface area contributed by atoms with Gasteiger partial charge in [-0.2, -0.15) is 4.68 Å². The third-order valence-electron chi connectivity index (χ3n) is 2.09. The zero-order valence-corrected chi connectivity index (χ0v) is 13.3. The Balaban J connectivity index is 2.43. The first kappa shape index (κ1) is 14.6. The van der Waals surface area contributed by atoms with Crippen LogP contribution in [0.4, 0.5) is 5.82 Å². The van der Waals surface area contributed by atoms with Crippen LogP contribution in [0.25, 0.3) is 0 Å². The van der Waals surface area contributed by atoms with Gasteiger partial charge in [0.2, 0.25) is 0 Å². The summed E-state index contributed by atoms with van der Waals surface area (Å²) in [6.45, 7) is 7.78. The van der Waals surface area contributed by atoms with E-state index in [1.807, 2.05) is 22.6 Å². The lowest BCUT2D eigenvalue weighted by atomic mass is 10.7. The molecule has 0 fully saturated rings. The Morgan fingerprint density at radius 3 is 2.71 bits per heavy atom. The van der Waals surface area contributed by atoms with Crippen LogP contribution in [0.5, 0.6) is 0 Å². The minimum atomic E-state index is -1.08. The van der Waals surface area contributed by atoms with Gasteiger partial charge in [0.15, 0.2) is 6.73 Å². The van der Waals surface area contributed by atoms with Crippen LogP contribution in [0, 0.1) is 13.7 Å². The summed E-state index contributed by atoms with van der Waals surface area (Å²) >= 11 is 1.90. The first-order valence-electron chi connectivity index (χ1n) is 5.25. The summed E-state index contributed by atoms with van der Waals surface area (Å²) in [7, 11) is -1.08. The topological polar surface area (TPSA) is 70.2 Å². The summed E-state index contributed by atoms with van der Waals surface area (Å²) < 4.78 is 7.44. The lowest BCUT2D eigenvalue weighted by Gasteiger charge is -2.14. The molecule has 0 unspecified atom stereocenters. The molecule has 0 saturated heterocycles. The number of hydrogen-bond donors (Lipinski definition) is 0. The van der Waals surface area contributed by atoms with Gasteiger partial charge in [-0.1, -0.05) is 19.6 Å². The second kappa shape index (κ2) is 5.91. The quantitative estimate of drug-likeness (QED) is 0.254. The van der Waals surface area contributed by atoms with E-state index < -0.39 is 13.0 Å². The Hall–Kier alpha value is -0.483. The molecule has 0 radical (unpaired) electrons. The van der Waals surface area contributed by atoms with Crippen LogP contribution in [0.3, 0.4) is 0 Å². The molecule has 0 amide bonds. The predicted octanol–water partition coefficient (Wildman–Crippen LogP) is 2.71. The molecule has 0 bridgehead atoms. The number of aromatic nitrogens is 2. The molecule has 0 aliphatic rings. The lowest BCUT2D eigenvalue weighted by molar-refractivity contribution is -0.390. The fourth-order valence-corrected chi connectivity index (χ4v) is 2.50. The van der Waals surface area contributed by atoms with Crippen LogP contribution in [0.1, 0.15) is 0 Å². The molecule has 0 aromatic carbocycles. The monoisotopic (exact) mass is 369 g/mol. The molecule has 1 aromatic heterocycles. The highest BCUT2D eigenvalue weighted by Gasteiger charge is 2.18. The lowest BCUT2D eigenvalue weighted by Crippen LogP contribution is -2.22. The number of ether oxygens (including phenoxy) is 1. The Kier molecular flexibility index (Phi) is 5.07. The van der Waals surface area contributed by atoms with Gasteiger partial charge in [0, 0.05) is 14.7 Å². The van der Waals surface area contributed by atoms with Gasteiger partial charge in [-0.3, -0.25) is 0 Å². The van der Waals surface area contributed by atoms with Crippen molar-refractivity contribution in [3.63, 3.8) is 0 Å². The zero-order chi connectivity index (χ0) is 13.1. The predicted molar refractivity (Wildman–Crippen MR) is 75.7 cm³/mol. The van der Waals surface area contributed by atoms with E-state index in [4.69, 9.17) is 4.74 Å². The average Bonchev–Trinajstić information content (AvgIpc) is 2.53. The van der Waals surface area contributed by atoms with E-state index in [0.717, 1.165) is 6.04 Å². The average molecular weight is 369 g/mol. The van der Waals surface area contributed by atoms with Crippen LogP contribution in [-0.4, -0.2) is 29.4 Å². The van der Waals surface area contributed by atoms with E-state index in [1.165, 1.54) is 4.68 Å². The maximum absolute atomic E-state index is 10.6. The molecule has 0 spiro atoms. The minimum absolute atomic E-state index is 0.112. The number of halogens is 1. The molecule has 0 aliphatic carbocycles. The standard InChI is InChI=1S/C9H16IN3O3Si/c1-17(2,3)5-4-16-7-12-6-8(10)9(11-12)13(14)15/h6H,4-5,7H2,1-3H3. The number of rotatable bonds is 6. The third kappa shape index (κ3) is 5.13. The van der Waals surface area contributed by atoms with E-state index in [2.05, 4.69) is 24.7 Å². The SMILES string of the molecule is C[Si](C)(C)CCOCn1cc(I)c([N+](=O)[O-])n1. The first-order valence-corrected chi connectivity index (χ1v) is 10.0. The highest BCUT2D eigenvalue weighted by atomic mass is 127. The summed E-state index contributed by atoms with van der Waals surface area (Å²) in [5.74, 6) is -0.112. The Morgan fingerprint density at radius 1 is 1.59 bits per heavy atom. The van der Waals surface area contributed by atoms with Crippen LogP contribution in [0.2, 0.25) is 25.7 Å². The minimum Gasteiger partial charge on any atom is -0.358 e. The second-order valence-electron chi connectivity index (χ2n) is 4.95. The largest absolute Gasteiger partial charge is 0.403 e. The van der Waals surface area contributed by atoms with Crippen molar-refractivity contribution >= 4 is 36.5 Å². The molecule has 8 heteroatoms. The molecule has 1 heterocycles. The van der Waals surface area contributed by atoms with Gasteiger partial charge in [-0.25, -0.2) is 0 Å². The summed E-state index contributed by atoms with van der Waals surface area (Å²) in [6.07, 6.45) is 1.62. The van der Waals surface area contributed by atoms with Crippen molar-refractivity contribution in [2.45, 2.75) is 32.4 Å². The maximum atomic E-state index is 10.6. The van der Waals surface area contributed by atoms with Crippen LogP contribution >= 0.6 is 22.6 Å². The fourth-order valence-electron chi connectivity index (χ4n) is 1.11. The van der Waals surface area contributed by atoms with Gasteiger partial charge in [0.25, 0.3) is 0 Å². The Morgan fingerprint density at radius 2 is 2.24 bits per heavy atom. The fraction of sp³-hybridized carbons (Fsp3) is 0.667. The normalized spacial score (nSPS) is 11.8. The van der Waals surface area contributed by atoms with Gasteiger partial charge < -0.3 is 14.9 Å². The van der Waals surface area contributed by atoms with Crippen LogP contribution < -0.4 is 0 Å². The summed E-state index contributed by atoms with van der Waals surface area (Å²) in [5, 5.41) is 14.4. The van der Waals surface area contributed by atoms with Gasteiger partial charge in [-0.05, 0) is 33.6 Å². The van der Waals surface area contributed by atoms with E-state index in [1.54, 1.807) is 6.20 Å². The summed E-state index contributed by atoms with van der Waals surface area (Å²) in [4.78, 5) is 10.1. The van der Waals surface area contributed by atoms with Gasteiger partial charge in [0.05, 0.1) is 11.3 Å². The Bertz CT molecular complexity index is 403. The van der Waals surface area contributed by atoms with Crippen LogP contribution in [0.15, 0.2) is 6.20 Å². The molecule has 1 rings (SSSR count). The van der Waals surface area contributed by atoms with Gasteiger partial charge >= 0.3 is 5.82 Å². The van der Waals surface area contributed by atoms with Crippen molar-refractivity contribution in [1.29, 1.82) is 0 Å². The van der Waals surface area contributed by atoms with E-state index >= 15 is 0 Å². The van der Waals surface area contributed by atoms with E-state index in [9.17, 15) is 10.1 Å². The van der Waals surface area contributed by atoms with Crippen molar-refractivity contribution in [3.8, 4) is 0 Å². The van der Waals surface area contributed by atoms with Crippen molar-refractivity contribution < 1.29 is 9.66 Å². The van der Waals surface area contributed by atoms with Crippen molar-refractivity contribution in [1.82, 2.24) is 9.78 Å². The number of nitrogens with zero attached hydrogens (tertiary/aromatic N) is 3. The molecule has 1 aromatic rings. The smallest absolute Gasteiger partial charge is 0.358 e. The number of hydrogen-bond acceptors (Lipinski definition) is 4. The molecule has 6 nitrogen and oxygen atoms in total. The van der Waals surface area contributed by atoms with Gasteiger partial charge in [0.1, 0.15) is 3.57 Å². The van der Waals surface area contributed by atoms with Crippen LogP contribution in [-0.2, 0) is 11.5 Å². The highest BCUT2D eigenvalue weighted by Crippen LogP contribution is 2.17. The highest BCUT2D eigenvalue weighted by molar-refractivity contribution is 14.1. The zero-order valence-electron chi connectivity index (χ0n) is 10.1. The van der Waals surface area contributed by atoms with E-state index in [0.29, 0.717) is 10.2 Å². The molecular formula is C9H16IN3O3Si. The maximum Gasteiger partial charge on any atom is 0.403 e. The Labute approximate surface area is 115 Å². The van der Waals surface area contributed by atoms with Crippen molar-refractivity contribution in [2.75, 3.05) is 6.61 Å². The second-order valence-corrected chi connectivity index (χ2v) is 11.7. The summed E-state index contributed by atoms with van der Waals surface area (Å²) in [5.41, 5.74) is 0. The molecule has 0 N–H and O–H groups in total. The molecule has 17 heavy (non-hydrogen) atoms. The van der Waals surface area contributed by atoms with Crippen molar-refractivity contribution in [3.05, 3.63) is 19.9 Å². The molecular weight excluding hydrogens is 353 g/mol. The molecule has 0 atom stereocenters. The van der Waals surface area contributed by atoms with E-state index in [-0.39, 0.29) is 12.5 Å². The molecule has 0 aliphatic heterocycles. The first-order chi connectivity index (χ1) is 7.79. The molecule has 0 saturated carbocycles.